The number of fused-ring (bicyclic) bond motifs is 1. The maximum atomic E-state index is 14.3. The number of hydrogen-bond acceptors (Lipinski definition) is 6. The number of hydrogen-bond donors (Lipinski definition) is 1. The third-order valence-electron chi connectivity index (χ3n) is 8.12. The zero-order chi connectivity index (χ0) is 29.5. The molecule has 8 heteroatoms. The molecule has 220 valence electrons. The van der Waals surface area contributed by atoms with E-state index in [2.05, 4.69) is 5.32 Å². The summed E-state index contributed by atoms with van der Waals surface area (Å²) in [5.74, 6) is 0.0263. The minimum atomic E-state index is -0.926. The Kier molecular flexibility index (Phi) is 9.41. The maximum absolute atomic E-state index is 14.3. The summed E-state index contributed by atoms with van der Waals surface area (Å²) in [7, 11) is 1.58. The fourth-order valence-electron chi connectivity index (χ4n) is 5.89. The lowest BCUT2D eigenvalue weighted by atomic mass is 9.91. The highest BCUT2D eigenvalue weighted by Crippen LogP contribution is 2.40. The lowest BCUT2D eigenvalue weighted by molar-refractivity contribution is -0.157. The van der Waals surface area contributed by atoms with E-state index in [9.17, 15) is 14.4 Å². The molecule has 0 unspecified atom stereocenters. The molecule has 0 bridgehead atoms. The van der Waals surface area contributed by atoms with Crippen LogP contribution in [-0.2, 0) is 38.7 Å². The molecular weight excluding hydrogens is 532 g/mol. The Morgan fingerprint density at radius 1 is 0.952 bits per heavy atom. The molecule has 0 saturated heterocycles. The van der Waals surface area contributed by atoms with Gasteiger partial charge in [0.1, 0.15) is 18.7 Å². The van der Waals surface area contributed by atoms with Crippen molar-refractivity contribution in [3.05, 3.63) is 95.1 Å². The van der Waals surface area contributed by atoms with Gasteiger partial charge in [-0.15, -0.1) is 0 Å². The number of nitrogens with one attached hydrogen (secondary N) is 1. The van der Waals surface area contributed by atoms with Crippen LogP contribution in [0.15, 0.2) is 72.8 Å². The van der Waals surface area contributed by atoms with Gasteiger partial charge in [-0.1, -0.05) is 79.6 Å². The van der Waals surface area contributed by atoms with Crippen LogP contribution in [0, 0.1) is 5.92 Å². The summed E-state index contributed by atoms with van der Waals surface area (Å²) in [6.07, 6.45) is 3.84. The first-order valence-corrected chi connectivity index (χ1v) is 14.7. The molecule has 2 amide bonds. The average molecular weight is 571 g/mol. The van der Waals surface area contributed by atoms with Gasteiger partial charge in [0.2, 0.25) is 5.91 Å². The number of nitrogens with zero attached hydrogens (tertiary/aromatic N) is 1. The summed E-state index contributed by atoms with van der Waals surface area (Å²) in [6, 6.07) is 20.9. The van der Waals surface area contributed by atoms with Gasteiger partial charge < -0.3 is 24.4 Å². The van der Waals surface area contributed by atoms with Crippen LogP contribution < -0.4 is 14.8 Å². The Hall–Kier alpha value is -4.33. The summed E-state index contributed by atoms with van der Waals surface area (Å²) < 4.78 is 17.4. The van der Waals surface area contributed by atoms with Crippen molar-refractivity contribution in [2.45, 2.75) is 64.3 Å². The molecule has 0 spiro atoms. The van der Waals surface area contributed by atoms with Gasteiger partial charge in [-0.3, -0.25) is 9.59 Å². The lowest BCUT2D eigenvalue weighted by Gasteiger charge is -2.38. The summed E-state index contributed by atoms with van der Waals surface area (Å²) in [4.78, 5) is 42.5. The van der Waals surface area contributed by atoms with Crippen molar-refractivity contribution in [1.82, 2.24) is 10.2 Å². The third-order valence-corrected chi connectivity index (χ3v) is 8.12. The van der Waals surface area contributed by atoms with Crippen LogP contribution in [0.25, 0.3) is 0 Å². The second-order valence-corrected chi connectivity index (χ2v) is 10.8. The maximum Gasteiger partial charge on any atom is 0.329 e. The van der Waals surface area contributed by atoms with Crippen LogP contribution in [-0.4, -0.2) is 42.4 Å². The van der Waals surface area contributed by atoms with Gasteiger partial charge in [0, 0.05) is 24.4 Å². The van der Waals surface area contributed by atoms with Crippen LogP contribution in [0.4, 0.5) is 0 Å². The van der Waals surface area contributed by atoms with Crippen LogP contribution >= 0.6 is 0 Å². The van der Waals surface area contributed by atoms with E-state index >= 15 is 0 Å². The lowest BCUT2D eigenvalue weighted by Crippen LogP contribution is -2.53. The zero-order valence-electron chi connectivity index (χ0n) is 24.2. The number of rotatable bonds is 10. The quantitative estimate of drug-likeness (QED) is 0.340. The number of amides is 2. The van der Waals surface area contributed by atoms with Crippen molar-refractivity contribution in [3.63, 3.8) is 0 Å². The fourth-order valence-corrected chi connectivity index (χ4v) is 5.89. The first-order chi connectivity index (χ1) is 20.5. The molecule has 0 aromatic heterocycles. The second kappa shape index (κ2) is 13.6. The highest BCUT2D eigenvalue weighted by Gasteiger charge is 2.41. The van der Waals surface area contributed by atoms with E-state index in [4.69, 9.17) is 14.2 Å². The Bertz CT molecular complexity index is 1390. The fraction of sp³-hybridized carbons (Fsp3) is 0.382. The minimum absolute atomic E-state index is 0.108. The molecule has 1 aliphatic heterocycles. The molecule has 5 rings (SSSR count). The first-order valence-electron chi connectivity index (χ1n) is 14.7. The molecule has 1 heterocycles. The van der Waals surface area contributed by atoms with E-state index in [1.807, 2.05) is 72.8 Å². The molecular formula is C34H38N2O6. The van der Waals surface area contributed by atoms with Crippen molar-refractivity contribution < 1.29 is 28.6 Å². The van der Waals surface area contributed by atoms with Gasteiger partial charge in [-0.25, -0.2) is 4.79 Å². The van der Waals surface area contributed by atoms with Gasteiger partial charge in [0.05, 0.1) is 13.7 Å². The van der Waals surface area contributed by atoms with Crippen molar-refractivity contribution in [1.29, 1.82) is 0 Å². The van der Waals surface area contributed by atoms with E-state index in [0.29, 0.717) is 23.7 Å². The summed E-state index contributed by atoms with van der Waals surface area (Å²) in [5.41, 5.74) is 3.32. The molecule has 1 N–H and O–H groups in total. The summed E-state index contributed by atoms with van der Waals surface area (Å²) >= 11 is 0. The van der Waals surface area contributed by atoms with Crippen LogP contribution in [0.3, 0.4) is 0 Å². The second-order valence-electron chi connectivity index (χ2n) is 10.8. The molecule has 2 aliphatic rings. The first kappa shape index (κ1) is 29.2. The van der Waals surface area contributed by atoms with Gasteiger partial charge in [-0.2, -0.15) is 0 Å². The number of methoxy groups -OCH3 is 1. The SMILES string of the molecule is CCOC(=O)[C@@H]1Cc2c(ccc(OC)c2OCc2ccccc2)CN1C(=O)[C@@H](NC(=O)C1CCCC1)c1ccccc1. The number of esters is 1. The molecule has 2 atom stereocenters. The Morgan fingerprint density at radius 3 is 2.31 bits per heavy atom. The standard InChI is InChI=1S/C34H38N2O6/c1-3-41-34(39)28-20-27-26(18-19-29(40-2)31(27)42-22-23-12-6-4-7-13-23)21-36(28)33(38)30(24-14-8-5-9-15-24)35-32(37)25-16-10-11-17-25/h4-9,12-15,18-19,25,28,30H,3,10-11,16-17,20-22H2,1-2H3,(H,35,37)/t28-,30-/m0/s1. The predicted molar refractivity (Wildman–Crippen MR) is 158 cm³/mol. The molecule has 3 aromatic carbocycles. The van der Waals surface area contributed by atoms with E-state index in [0.717, 1.165) is 42.4 Å². The molecule has 42 heavy (non-hydrogen) atoms. The molecule has 1 saturated carbocycles. The smallest absolute Gasteiger partial charge is 0.329 e. The van der Waals surface area contributed by atoms with E-state index in [1.54, 1.807) is 18.9 Å². The molecule has 1 fully saturated rings. The van der Waals surface area contributed by atoms with Gasteiger partial charge in [0.25, 0.3) is 5.91 Å². The highest BCUT2D eigenvalue weighted by molar-refractivity contribution is 5.92. The average Bonchev–Trinajstić information content (AvgIpc) is 3.58. The van der Waals surface area contributed by atoms with Crippen LogP contribution in [0.2, 0.25) is 0 Å². The topological polar surface area (TPSA) is 94.2 Å². The van der Waals surface area contributed by atoms with Crippen molar-refractivity contribution in [2.24, 2.45) is 5.92 Å². The largest absolute Gasteiger partial charge is 0.493 e. The van der Waals surface area contributed by atoms with Crippen molar-refractivity contribution in [3.8, 4) is 11.5 Å². The Balaban J connectivity index is 1.48. The Labute approximate surface area is 247 Å². The number of carbonyl (C=O) groups excluding carboxylic acids is 3. The number of ether oxygens (including phenoxy) is 3. The van der Waals surface area contributed by atoms with Gasteiger partial charge >= 0.3 is 5.97 Å². The highest BCUT2D eigenvalue weighted by atomic mass is 16.5. The van der Waals surface area contributed by atoms with Gasteiger partial charge in [-0.05, 0) is 42.5 Å². The molecule has 0 radical (unpaired) electrons. The molecule has 8 nitrogen and oxygen atoms in total. The summed E-state index contributed by atoms with van der Waals surface area (Å²) in [6.45, 7) is 2.41. The third kappa shape index (κ3) is 6.43. The van der Waals surface area contributed by atoms with Crippen molar-refractivity contribution >= 4 is 17.8 Å². The summed E-state index contributed by atoms with van der Waals surface area (Å²) in [5, 5.41) is 3.03. The van der Waals surface area contributed by atoms with Crippen LogP contribution in [0.1, 0.15) is 60.9 Å². The van der Waals surface area contributed by atoms with Crippen LogP contribution in [0.5, 0.6) is 11.5 Å². The van der Waals surface area contributed by atoms with Crippen molar-refractivity contribution in [2.75, 3.05) is 13.7 Å². The minimum Gasteiger partial charge on any atom is -0.493 e. The van der Waals surface area contributed by atoms with Gasteiger partial charge in [0.15, 0.2) is 11.5 Å². The monoisotopic (exact) mass is 570 g/mol. The number of carbonyl (C=O) groups is 3. The zero-order valence-corrected chi connectivity index (χ0v) is 24.2. The number of benzene rings is 3. The van der Waals surface area contributed by atoms with E-state index in [-0.39, 0.29) is 37.3 Å². The predicted octanol–water partition coefficient (Wildman–Crippen LogP) is 5.14. The molecule has 3 aromatic rings. The molecule has 1 aliphatic carbocycles. The van der Waals surface area contributed by atoms with E-state index in [1.165, 1.54) is 0 Å². The van der Waals surface area contributed by atoms with E-state index < -0.39 is 18.1 Å². The normalized spacial score (nSPS) is 17.2. The Morgan fingerprint density at radius 2 is 1.64 bits per heavy atom.